The van der Waals surface area contributed by atoms with E-state index in [0.29, 0.717) is 5.95 Å². The molecule has 0 aromatic carbocycles. The van der Waals surface area contributed by atoms with Crippen LogP contribution in [0.4, 0.5) is 5.95 Å². The topological polar surface area (TPSA) is 70.9 Å². The monoisotopic (exact) mass is 590 g/mol. The number of aromatic nitrogens is 3. The molecule has 0 saturated carbocycles. The lowest BCUT2D eigenvalue weighted by atomic mass is 9.59. The van der Waals surface area contributed by atoms with Crippen LogP contribution in [0.5, 0.6) is 0 Å². The highest BCUT2D eigenvalue weighted by Crippen LogP contribution is 2.48. The predicted octanol–water partition coefficient (Wildman–Crippen LogP) is 10.1. The van der Waals surface area contributed by atoms with Gasteiger partial charge in [0.15, 0.2) is 10.3 Å². The quantitative estimate of drug-likeness (QED) is 0.130. The van der Waals surface area contributed by atoms with Crippen molar-refractivity contribution in [3.63, 3.8) is 0 Å². The molecule has 40 heavy (non-hydrogen) atoms. The average Bonchev–Trinajstić information content (AvgIpc) is 2.87. The van der Waals surface area contributed by atoms with Crippen molar-refractivity contribution in [2.45, 2.75) is 148 Å². The summed E-state index contributed by atoms with van der Waals surface area (Å²) in [6.07, 6.45) is 21.6. The third-order valence-electron chi connectivity index (χ3n) is 7.78. The molecular formula is C33H58N4OS2. The van der Waals surface area contributed by atoms with E-state index in [1.165, 1.54) is 77.0 Å². The Kier molecular flexibility index (Phi) is 15.1. The van der Waals surface area contributed by atoms with Crippen LogP contribution < -0.4 is 5.32 Å². The molecule has 5 nitrogen and oxygen atoms in total. The molecule has 2 rings (SSSR count). The smallest absolute Gasteiger partial charge is 0.232 e. The maximum Gasteiger partial charge on any atom is 0.232 e. The van der Waals surface area contributed by atoms with Gasteiger partial charge in [0.25, 0.3) is 0 Å². The molecule has 0 saturated heterocycles. The number of unbranched alkanes of at least 4 members (excludes halogenated alkanes) is 10. The Labute approximate surface area is 254 Å². The number of nitrogens with zero attached hydrogens (tertiary/aromatic N) is 3. The van der Waals surface area contributed by atoms with E-state index in [-0.39, 0.29) is 16.7 Å². The first-order chi connectivity index (χ1) is 18.9. The highest BCUT2D eigenvalue weighted by molar-refractivity contribution is 7.99. The van der Waals surface area contributed by atoms with Gasteiger partial charge in [-0.25, -0.2) is 0 Å². The normalized spacial score (nSPS) is 19.6. The van der Waals surface area contributed by atoms with Crippen molar-refractivity contribution in [3.8, 4) is 0 Å². The molecule has 2 N–H and O–H groups in total. The molecule has 2 atom stereocenters. The Bertz CT molecular complexity index is 899. The number of hydrogen-bond donors (Lipinski definition) is 2. The lowest BCUT2D eigenvalue weighted by molar-refractivity contribution is -0.0804. The average molecular weight is 591 g/mol. The van der Waals surface area contributed by atoms with Crippen LogP contribution in [0.3, 0.4) is 0 Å². The van der Waals surface area contributed by atoms with Gasteiger partial charge in [0.1, 0.15) is 0 Å². The third-order valence-corrected chi connectivity index (χ3v) is 9.65. The van der Waals surface area contributed by atoms with Crippen molar-refractivity contribution < 1.29 is 5.11 Å². The molecule has 228 valence electrons. The van der Waals surface area contributed by atoms with Crippen molar-refractivity contribution >= 4 is 29.5 Å². The number of thioether (sulfide) groups is 2. The molecule has 0 spiro atoms. The Balaban J connectivity index is 2.14. The summed E-state index contributed by atoms with van der Waals surface area (Å²) in [5, 5.41) is 16.8. The van der Waals surface area contributed by atoms with E-state index in [1.807, 2.05) is 12.2 Å². The van der Waals surface area contributed by atoms with Crippen molar-refractivity contribution in [2.75, 3.05) is 16.8 Å². The molecule has 0 aliphatic heterocycles. The molecule has 0 radical (unpaired) electrons. The number of hydrogen-bond acceptors (Lipinski definition) is 7. The SMILES string of the molecule is CCCCCCCCSc1nc(NC2=CC(C(C)(C)C)C(O)(C(C)(C)C)C=C2)nc(SCCCCCCCC)n1. The number of allylic oxidation sites excluding steroid dienone is 1. The second-order valence-electron chi connectivity index (χ2n) is 13.5. The highest BCUT2D eigenvalue weighted by Gasteiger charge is 2.49. The zero-order chi connectivity index (χ0) is 29.7. The van der Waals surface area contributed by atoms with E-state index in [2.05, 4.69) is 66.8 Å². The first-order valence-electron chi connectivity index (χ1n) is 15.8. The first kappa shape index (κ1) is 35.1. The van der Waals surface area contributed by atoms with Gasteiger partial charge in [0, 0.05) is 23.1 Å². The fraction of sp³-hybridized carbons (Fsp3) is 0.788. The number of anilines is 1. The Morgan fingerprint density at radius 2 is 1.23 bits per heavy atom. The summed E-state index contributed by atoms with van der Waals surface area (Å²) in [6.45, 7) is 17.4. The molecule has 7 heteroatoms. The van der Waals surface area contributed by atoms with Crippen molar-refractivity contribution in [3.05, 3.63) is 23.9 Å². The Morgan fingerprint density at radius 1 is 0.750 bits per heavy atom. The van der Waals surface area contributed by atoms with E-state index in [0.717, 1.165) is 27.5 Å². The number of nitrogens with one attached hydrogen (secondary N) is 1. The minimum absolute atomic E-state index is 0.0579. The number of aliphatic hydroxyl groups is 1. The van der Waals surface area contributed by atoms with Gasteiger partial charge in [0.05, 0.1) is 5.60 Å². The van der Waals surface area contributed by atoms with Gasteiger partial charge in [-0.1, -0.05) is 149 Å². The molecule has 0 fully saturated rings. The van der Waals surface area contributed by atoms with E-state index in [1.54, 1.807) is 23.5 Å². The Morgan fingerprint density at radius 3 is 1.68 bits per heavy atom. The second kappa shape index (κ2) is 17.2. The van der Waals surface area contributed by atoms with Crippen LogP contribution in [0.25, 0.3) is 0 Å². The summed E-state index contributed by atoms with van der Waals surface area (Å²) in [4.78, 5) is 14.4. The fourth-order valence-corrected chi connectivity index (χ4v) is 6.86. The van der Waals surface area contributed by atoms with Crippen LogP contribution in [0.15, 0.2) is 34.2 Å². The van der Waals surface area contributed by atoms with Crippen LogP contribution in [-0.2, 0) is 0 Å². The molecule has 0 amide bonds. The highest BCUT2D eigenvalue weighted by atomic mass is 32.2. The van der Waals surface area contributed by atoms with Gasteiger partial charge in [-0.05, 0) is 35.8 Å². The zero-order valence-corrected chi connectivity index (χ0v) is 28.4. The molecule has 1 aliphatic rings. The lowest BCUT2D eigenvalue weighted by Crippen LogP contribution is -2.52. The van der Waals surface area contributed by atoms with Crippen LogP contribution in [0.2, 0.25) is 0 Å². The molecule has 2 unspecified atom stereocenters. The summed E-state index contributed by atoms with van der Waals surface area (Å²) in [5.41, 5.74) is -0.420. The molecule has 1 aromatic rings. The van der Waals surface area contributed by atoms with Crippen LogP contribution in [-0.4, -0.2) is 37.2 Å². The minimum Gasteiger partial charge on any atom is -0.385 e. The molecule has 0 bridgehead atoms. The Hall–Kier alpha value is -1.05. The van der Waals surface area contributed by atoms with Gasteiger partial charge in [-0.2, -0.15) is 15.0 Å². The third kappa shape index (κ3) is 11.7. The molecule has 1 heterocycles. The van der Waals surface area contributed by atoms with Crippen molar-refractivity contribution in [2.24, 2.45) is 16.7 Å². The molecule has 1 aliphatic carbocycles. The van der Waals surface area contributed by atoms with E-state index >= 15 is 0 Å². The van der Waals surface area contributed by atoms with Gasteiger partial charge >= 0.3 is 0 Å². The van der Waals surface area contributed by atoms with Crippen molar-refractivity contribution in [1.29, 1.82) is 0 Å². The van der Waals surface area contributed by atoms with Crippen LogP contribution in [0, 0.1) is 16.7 Å². The van der Waals surface area contributed by atoms with E-state index in [4.69, 9.17) is 15.0 Å². The van der Waals surface area contributed by atoms with Crippen LogP contribution in [0.1, 0.15) is 132 Å². The second-order valence-corrected chi connectivity index (χ2v) is 15.6. The standard InChI is InChI=1S/C33H58N4OS2/c1-9-11-13-15-17-19-23-39-29-35-28(36-30(37-29)40-24-20-18-16-14-12-10-2)34-26-21-22-33(38,32(6,7)8)27(25-26)31(3,4)5/h21-22,25,27,38H,9-20,23-24H2,1-8H3,(H,34,35,36,37). The number of rotatable bonds is 18. The molecule has 1 aromatic heterocycles. The fourth-order valence-electron chi connectivity index (χ4n) is 5.14. The summed E-state index contributed by atoms with van der Waals surface area (Å²) in [6, 6.07) is 0. The van der Waals surface area contributed by atoms with Gasteiger partial charge in [-0.15, -0.1) is 0 Å². The zero-order valence-electron chi connectivity index (χ0n) is 26.8. The summed E-state index contributed by atoms with van der Waals surface area (Å²) < 4.78 is 0. The maximum absolute atomic E-state index is 11.7. The maximum atomic E-state index is 11.7. The van der Waals surface area contributed by atoms with Crippen molar-refractivity contribution in [1.82, 2.24) is 15.0 Å². The predicted molar refractivity (Wildman–Crippen MR) is 176 cm³/mol. The summed E-state index contributed by atoms with van der Waals surface area (Å²) >= 11 is 3.48. The summed E-state index contributed by atoms with van der Waals surface area (Å²) in [5.74, 6) is 2.60. The largest absolute Gasteiger partial charge is 0.385 e. The molecular weight excluding hydrogens is 533 g/mol. The summed E-state index contributed by atoms with van der Waals surface area (Å²) in [7, 11) is 0. The minimum atomic E-state index is -0.939. The van der Waals surface area contributed by atoms with E-state index in [9.17, 15) is 5.11 Å². The first-order valence-corrected chi connectivity index (χ1v) is 17.8. The van der Waals surface area contributed by atoms with Gasteiger partial charge in [0.2, 0.25) is 5.95 Å². The van der Waals surface area contributed by atoms with Gasteiger partial charge < -0.3 is 10.4 Å². The lowest BCUT2D eigenvalue weighted by Gasteiger charge is -2.49. The van der Waals surface area contributed by atoms with E-state index < -0.39 is 5.60 Å². The van der Waals surface area contributed by atoms with Crippen LogP contribution >= 0.6 is 23.5 Å². The van der Waals surface area contributed by atoms with Gasteiger partial charge in [-0.3, -0.25) is 0 Å².